The molecule has 1 aliphatic rings. The highest BCUT2D eigenvalue weighted by molar-refractivity contribution is 7.99. The standard InChI is InChI=1S/C26H30ClN5O6S3/c1-17(2)41(36,37)23-7-5-4-6-21(23)29-25-19(27)15-28-26(31-25)30-20-9-8-18(14-22(20)38-3)40(34,35)16-24(33)32-10-12-39-13-11-32/h4-9,14-15,17H,10-13,16H2,1-3H3,(H2,28,29,30,31). The van der Waals surface area contributed by atoms with Crippen molar-refractivity contribution in [3.05, 3.63) is 53.7 Å². The maximum atomic E-state index is 13.0. The van der Waals surface area contributed by atoms with Gasteiger partial charge < -0.3 is 20.3 Å². The van der Waals surface area contributed by atoms with Crippen LogP contribution >= 0.6 is 23.4 Å². The smallest absolute Gasteiger partial charge is 0.238 e. The summed E-state index contributed by atoms with van der Waals surface area (Å²) in [6.07, 6.45) is 1.34. The Hall–Kier alpha value is -3.07. The number of para-hydroxylation sites is 1. The third kappa shape index (κ3) is 7.23. The van der Waals surface area contributed by atoms with Gasteiger partial charge in [-0.25, -0.2) is 21.8 Å². The van der Waals surface area contributed by atoms with Crippen molar-refractivity contribution < 1.29 is 26.4 Å². The van der Waals surface area contributed by atoms with Crippen LogP contribution in [0.15, 0.2) is 58.5 Å². The van der Waals surface area contributed by atoms with Crippen molar-refractivity contribution >= 4 is 72.1 Å². The van der Waals surface area contributed by atoms with Crippen LogP contribution in [0.4, 0.5) is 23.1 Å². The lowest BCUT2D eigenvalue weighted by Gasteiger charge is -2.26. The van der Waals surface area contributed by atoms with Crippen molar-refractivity contribution in [3.63, 3.8) is 0 Å². The fourth-order valence-corrected chi connectivity index (χ4v) is 7.43. The van der Waals surface area contributed by atoms with E-state index in [0.717, 1.165) is 11.5 Å². The van der Waals surface area contributed by atoms with Gasteiger partial charge in [-0.15, -0.1) is 0 Å². The van der Waals surface area contributed by atoms with E-state index in [1.54, 1.807) is 48.7 Å². The summed E-state index contributed by atoms with van der Waals surface area (Å²) in [5.74, 6) is 0.951. The summed E-state index contributed by atoms with van der Waals surface area (Å²) in [4.78, 5) is 22.8. The Kier molecular flexibility index (Phi) is 9.67. The van der Waals surface area contributed by atoms with E-state index in [0.29, 0.717) is 24.5 Å². The number of amides is 1. The highest BCUT2D eigenvalue weighted by atomic mass is 35.5. The number of halogens is 1. The zero-order chi connectivity index (χ0) is 29.8. The molecule has 0 radical (unpaired) electrons. The maximum Gasteiger partial charge on any atom is 0.238 e. The molecule has 41 heavy (non-hydrogen) atoms. The molecule has 2 N–H and O–H groups in total. The summed E-state index contributed by atoms with van der Waals surface area (Å²) >= 11 is 8.05. The van der Waals surface area contributed by atoms with E-state index in [2.05, 4.69) is 20.6 Å². The molecule has 2 heterocycles. The molecule has 1 fully saturated rings. The molecule has 0 saturated carbocycles. The van der Waals surface area contributed by atoms with Gasteiger partial charge in [-0.1, -0.05) is 23.7 Å². The fraction of sp³-hybridized carbons (Fsp3) is 0.346. The molecule has 1 saturated heterocycles. The van der Waals surface area contributed by atoms with E-state index < -0.39 is 36.6 Å². The highest BCUT2D eigenvalue weighted by Gasteiger charge is 2.26. The molecule has 0 atom stereocenters. The lowest BCUT2D eigenvalue weighted by atomic mass is 10.3. The van der Waals surface area contributed by atoms with Crippen LogP contribution in [0.5, 0.6) is 5.75 Å². The highest BCUT2D eigenvalue weighted by Crippen LogP contribution is 2.33. The number of methoxy groups -OCH3 is 1. The molecule has 0 spiro atoms. The van der Waals surface area contributed by atoms with E-state index in [1.165, 1.54) is 37.6 Å². The van der Waals surface area contributed by atoms with Gasteiger partial charge in [-0.2, -0.15) is 16.7 Å². The number of nitrogens with zero attached hydrogens (tertiary/aromatic N) is 3. The Bertz CT molecular complexity index is 1640. The largest absolute Gasteiger partial charge is 0.495 e. The first kappa shape index (κ1) is 30.9. The summed E-state index contributed by atoms with van der Waals surface area (Å²) < 4.78 is 57.1. The minimum atomic E-state index is -3.91. The number of sulfone groups is 2. The third-order valence-corrected chi connectivity index (χ3v) is 11.3. The average molecular weight is 640 g/mol. The Morgan fingerprint density at radius 2 is 1.78 bits per heavy atom. The van der Waals surface area contributed by atoms with E-state index in [4.69, 9.17) is 16.3 Å². The summed E-state index contributed by atoms with van der Waals surface area (Å²) in [5.41, 5.74) is 0.666. The van der Waals surface area contributed by atoms with Gasteiger partial charge in [0, 0.05) is 30.7 Å². The second kappa shape index (κ2) is 12.8. The van der Waals surface area contributed by atoms with Gasteiger partial charge in [0.1, 0.15) is 16.5 Å². The lowest BCUT2D eigenvalue weighted by molar-refractivity contribution is -0.128. The number of benzene rings is 2. The predicted molar refractivity (Wildman–Crippen MR) is 161 cm³/mol. The number of rotatable bonds is 10. The van der Waals surface area contributed by atoms with E-state index >= 15 is 0 Å². The van der Waals surface area contributed by atoms with Crippen molar-refractivity contribution in [2.24, 2.45) is 0 Å². The Balaban J connectivity index is 1.56. The number of hydrogen-bond donors (Lipinski definition) is 2. The van der Waals surface area contributed by atoms with Gasteiger partial charge in [-0.3, -0.25) is 4.79 Å². The number of nitrogens with one attached hydrogen (secondary N) is 2. The normalized spacial score (nSPS) is 14.1. The minimum Gasteiger partial charge on any atom is -0.495 e. The summed E-state index contributed by atoms with van der Waals surface area (Å²) in [6, 6.07) is 10.6. The van der Waals surface area contributed by atoms with Gasteiger partial charge in [0.2, 0.25) is 11.9 Å². The molecule has 220 valence electrons. The van der Waals surface area contributed by atoms with Crippen molar-refractivity contribution in [1.29, 1.82) is 0 Å². The van der Waals surface area contributed by atoms with Crippen LogP contribution in [0.3, 0.4) is 0 Å². The summed E-state index contributed by atoms with van der Waals surface area (Å²) in [5, 5.41) is 5.47. The third-order valence-electron chi connectivity index (χ3n) is 6.27. The Morgan fingerprint density at radius 3 is 2.46 bits per heavy atom. The van der Waals surface area contributed by atoms with Crippen molar-refractivity contribution in [1.82, 2.24) is 14.9 Å². The van der Waals surface area contributed by atoms with Crippen LogP contribution in [-0.2, 0) is 24.5 Å². The Labute approximate surface area is 248 Å². The topological polar surface area (TPSA) is 148 Å². The van der Waals surface area contributed by atoms with Gasteiger partial charge in [0.05, 0.1) is 39.7 Å². The number of hydrogen-bond acceptors (Lipinski definition) is 11. The second-order valence-corrected chi connectivity index (χ2v) is 15.4. The van der Waals surface area contributed by atoms with Crippen molar-refractivity contribution in [2.45, 2.75) is 28.9 Å². The fourth-order valence-electron chi connectivity index (χ4n) is 3.95. The minimum absolute atomic E-state index is 0.0537. The van der Waals surface area contributed by atoms with Crippen LogP contribution in [0.25, 0.3) is 0 Å². The molecule has 0 aliphatic carbocycles. The van der Waals surface area contributed by atoms with Gasteiger partial charge in [0.15, 0.2) is 25.5 Å². The maximum absolute atomic E-state index is 13.0. The van der Waals surface area contributed by atoms with E-state index in [9.17, 15) is 21.6 Å². The average Bonchev–Trinajstić information content (AvgIpc) is 2.95. The molecule has 0 unspecified atom stereocenters. The predicted octanol–water partition coefficient (Wildman–Crippen LogP) is 4.16. The van der Waals surface area contributed by atoms with Crippen LogP contribution in [0.1, 0.15) is 13.8 Å². The van der Waals surface area contributed by atoms with Gasteiger partial charge >= 0.3 is 0 Å². The molecule has 2 aromatic carbocycles. The summed E-state index contributed by atoms with van der Waals surface area (Å²) in [7, 11) is -6.12. The monoisotopic (exact) mass is 639 g/mol. The summed E-state index contributed by atoms with van der Waals surface area (Å²) in [6.45, 7) is 4.26. The van der Waals surface area contributed by atoms with Crippen LogP contribution in [-0.4, -0.2) is 80.3 Å². The van der Waals surface area contributed by atoms with Crippen LogP contribution < -0.4 is 15.4 Å². The number of thioether (sulfide) groups is 1. The Morgan fingerprint density at radius 1 is 1.07 bits per heavy atom. The number of aromatic nitrogens is 2. The molecule has 4 rings (SSSR count). The zero-order valence-corrected chi connectivity index (χ0v) is 25.8. The van der Waals surface area contributed by atoms with Gasteiger partial charge in [-0.05, 0) is 38.1 Å². The van der Waals surface area contributed by atoms with Crippen LogP contribution in [0, 0.1) is 0 Å². The number of carbonyl (C=O) groups is 1. The first-order valence-electron chi connectivity index (χ1n) is 12.6. The van der Waals surface area contributed by atoms with E-state index in [1.807, 2.05) is 0 Å². The first-order valence-corrected chi connectivity index (χ1v) is 17.3. The molecule has 0 bridgehead atoms. The van der Waals surface area contributed by atoms with Gasteiger partial charge in [0.25, 0.3) is 0 Å². The van der Waals surface area contributed by atoms with Crippen molar-refractivity contribution in [2.75, 3.05) is 48.1 Å². The number of ether oxygens (including phenoxy) is 1. The quantitative estimate of drug-likeness (QED) is 0.329. The molecule has 1 aliphatic heterocycles. The SMILES string of the molecule is COc1cc(S(=O)(=O)CC(=O)N2CCSCC2)ccc1Nc1ncc(Cl)c(Nc2ccccc2S(=O)(=O)C(C)C)n1. The second-order valence-electron chi connectivity index (χ2n) is 9.34. The molecule has 1 amide bonds. The van der Waals surface area contributed by atoms with E-state index in [-0.39, 0.29) is 32.3 Å². The first-order chi connectivity index (χ1) is 19.4. The van der Waals surface area contributed by atoms with Crippen LogP contribution in [0.2, 0.25) is 5.02 Å². The zero-order valence-electron chi connectivity index (χ0n) is 22.6. The number of carbonyl (C=O) groups excluding carboxylic acids is 1. The molecule has 1 aromatic heterocycles. The molecule has 3 aromatic rings. The number of anilines is 4. The molecule has 11 nitrogen and oxygen atoms in total. The molecular weight excluding hydrogens is 610 g/mol. The van der Waals surface area contributed by atoms with Crippen molar-refractivity contribution in [3.8, 4) is 5.75 Å². The lowest BCUT2D eigenvalue weighted by Crippen LogP contribution is -2.41. The molecular formula is C26H30ClN5O6S3. The molecule has 15 heteroatoms.